The summed E-state index contributed by atoms with van der Waals surface area (Å²) in [6.45, 7) is 10.1. The van der Waals surface area contributed by atoms with E-state index >= 15 is 0 Å². The van der Waals surface area contributed by atoms with Gasteiger partial charge < -0.3 is 5.32 Å². The Morgan fingerprint density at radius 3 is 2.94 bits per heavy atom. The minimum absolute atomic E-state index is 0.407. The van der Waals surface area contributed by atoms with Crippen LogP contribution in [0.25, 0.3) is 0 Å². The molecule has 0 radical (unpaired) electrons. The number of piperidine rings is 1. The van der Waals surface area contributed by atoms with Crippen LogP contribution in [-0.2, 0) is 6.54 Å². The van der Waals surface area contributed by atoms with Crippen molar-refractivity contribution in [1.29, 1.82) is 0 Å². The summed E-state index contributed by atoms with van der Waals surface area (Å²) in [6, 6.07) is 0.594. The zero-order chi connectivity index (χ0) is 13.2. The Balaban J connectivity index is 1.88. The zero-order valence-electron chi connectivity index (χ0n) is 12.0. The molecule has 1 aromatic heterocycles. The summed E-state index contributed by atoms with van der Waals surface area (Å²) >= 11 is 1.74. The molecule has 0 bridgehead atoms. The first-order valence-corrected chi connectivity index (χ1v) is 7.68. The predicted octanol–water partition coefficient (Wildman–Crippen LogP) is 2.66. The molecule has 1 N–H and O–H groups in total. The summed E-state index contributed by atoms with van der Waals surface area (Å²) in [5.74, 6) is 0. The Labute approximate surface area is 115 Å². The first-order chi connectivity index (χ1) is 8.47. The van der Waals surface area contributed by atoms with Gasteiger partial charge in [0.2, 0.25) is 0 Å². The lowest BCUT2D eigenvalue weighted by Gasteiger charge is -2.41. The van der Waals surface area contributed by atoms with Crippen molar-refractivity contribution in [3.8, 4) is 0 Å². The van der Waals surface area contributed by atoms with Crippen molar-refractivity contribution in [1.82, 2.24) is 15.2 Å². The summed E-state index contributed by atoms with van der Waals surface area (Å²) in [6.07, 6.45) is 2.63. The van der Waals surface area contributed by atoms with Gasteiger partial charge in [0.1, 0.15) is 0 Å². The summed E-state index contributed by atoms with van der Waals surface area (Å²) in [5, 5.41) is 7.01. The number of thiazole rings is 1. The Bertz CT molecular complexity index is 386. The van der Waals surface area contributed by atoms with Gasteiger partial charge in [0.25, 0.3) is 0 Å². The summed E-state index contributed by atoms with van der Waals surface area (Å²) in [7, 11) is 2.20. The second kappa shape index (κ2) is 5.68. The van der Waals surface area contributed by atoms with Crippen LogP contribution >= 0.6 is 11.3 Å². The number of hydrogen-bond acceptors (Lipinski definition) is 4. The maximum atomic E-state index is 4.54. The molecule has 0 amide bonds. The van der Waals surface area contributed by atoms with E-state index in [1.807, 2.05) is 0 Å². The van der Waals surface area contributed by atoms with Gasteiger partial charge >= 0.3 is 0 Å². The molecule has 4 heteroatoms. The molecule has 0 aliphatic carbocycles. The van der Waals surface area contributed by atoms with Crippen LogP contribution in [0, 0.1) is 12.3 Å². The molecule has 1 aliphatic rings. The van der Waals surface area contributed by atoms with Crippen molar-refractivity contribution in [3.63, 3.8) is 0 Å². The molecule has 1 saturated heterocycles. The van der Waals surface area contributed by atoms with Crippen molar-refractivity contribution in [3.05, 3.63) is 16.1 Å². The van der Waals surface area contributed by atoms with Gasteiger partial charge in [-0.25, -0.2) is 4.98 Å². The predicted molar refractivity (Wildman–Crippen MR) is 78.0 cm³/mol. The lowest BCUT2D eigenvalue weighted by Crippen LogP contribution is -2.52. The van der Waals surface area contributed by atoms with E-state index in [0.29, 0.717) is 11.5 Å². The molecule has 1 aliphatic heterocycles. The molecule has 2 rings (SSSR count). The van der Waals surface area contributed by atoms with Crippen LogP contribution in [-0.4, -0.2) is 36.1 Å². The van der Waals surface area contributed by atoms with Gasteiger partial charge in [-0.3, -0.25) is 4.90 Å². The van der Waals surface area contributed by atoms with E-state index in [1.165, 1.54) is 18.5 Å². The lowest BCUT2D eigenvalue weighted by molar-refractivity contribution is 0.135. The van der Waals surface area contributed by atoms with E-state index in [-0.39, 0.29) is 0 Å². The van der Waals surface area contributed by atoms with Crippen LogP contribution in [0.15, 0.2) is 5.38 Å². The molecule has 0 saturated carbocycles. The number of aromatic nitrogens is 1. The SMILES string of the molecule is Cc1nc(CN(C)CC2NCCCC2(C)C)cs1. The molecule has 1 aromatic rings. The van der Waals surface area contributed by atoms with E-state index in [9.17, 15) is 0 Å². The average molecular weight is 267 g/mol. The quantitative estimate of drug-likeness (QED) is 0.909. The topological polar surface area (TPSA) is 28.2 Å². The number of rotatable bonds is 4. The molecule has 2 heterocycles. The molecular formula is C14H25N3S. The molecule has 1 unspecified atom stereocenters. The smallest absolute Gasteiger partial charge is 0.0897 e. The minimum atomic E-state index is 0.407. The first kappa shape index (κ1) is 14.0. The van der Waals surface area contributed by atoms with Gasteiger partial charge in [-0.2, -0.15) is 0 Å². The van der Waals surface area contributed by atoms with Gasteiger partial charge in [-0.1, -0.05) is 13.8 Å². The van der Waals surface area contributed by atoms with Crippen molar-refractivity contribution >= 4 is 11.3 Å². The maximum Gasteiger partial charge on any atom is 0.0897 e. The molecule has 102 valence electrons. The molecule has 18 heavy (non-hydrogen) atoms. The normalized spacial score (nSPS) is 23.5. The first-order valence-electron chi connectivity index (χ1n) is 6.80. The monoisotopic (exact) mass is 267 g/mol. The summed E-state index contributed by atoms with van der Waals surface area (Å²) in [5.41, 5.74) is 1.61. The van der Waals surface area contributed by atoms with Gasteiger partial charge in [-0.05, 0) is 38.8 Å². The third kappa shape index (κ3) is 3.53. The van der Waals surface area contributed by atoms with Crippen LogP contribution in [0.4, 0.5) is 0 Å². The fraction of sp³-hybridized carbons (Fsp3) is 0.786. The summed E-state index contributed by atoms with van der Waals surface area (Å²) in [4.78, 5) is 6.92. The standard InChI is InChI=1S/C14H25N3S/c1-11-16-12(10-18-11)8-17(4)9-13-14(2,3)6-5-7-15-13/h10,13,15H,5-9H2,1-4H3. The van der Waals surface area contributed by atoms with E-state index in [0.717, 1.165) is 24.6 Å². The van der Waals surface area contributed by atoms with E-state index in [2.05, 4.69) is 48.4 Å². The van der Waals surface area contributed by atoms with Gasteiger partial charge in [-0.15, -0.1) is 11.3 Å². The Morgan fingerprint density at radius 2 is 2.33 bits per heavy atom. The zero-order valence-corrected chi connectivity index (χ0v) is 12.8. The van der Waals surface area contributed by atoms with Crippen LogP contribution < -0.4 is 5.32 Å². The third-order valence-corrected chi connectivity index (χ3v) is 4.75. The second-order valence-electron chi connectivity index (χ2n) is 6.15. The number of nitrogens with one attached hydrogen (secondary N) is 1. The van der Waals surface area contributed by atoms with Crippen molar-refractivity contribution < 1.29 is 0 Å². The second-order valence-corrected chi connectivity index (χ2v) is 7.22. The van der Waals surface area contributed by atoms with Crippen molar-refractivity contribution in [2.45, 2.75) is 46.2 Å². The van der Waals surface area contributed by atoms with Gasteiger partial charge in [0.05, 0.1) is 10.7 Å². The third-order valence-electron chi connectivity index (χ3n) is 3.92. The van der Waals surface area contributed by atoms with E-state index in [1.54, 1.807) is 11.3 Å². The molecule has 0 aromatic carbocycles. The van der Waals surface area contributed by atoms with Crippen LogP contribution in [0.5, 0.6) is 0 Å². The molecule has 0 spiro atoms. The number of likely N-dealkylation sites (N-methyl/N-ethyl adjacent to an activating group) is 1. The van der Waals surface area contributed by atoms with E-state index in [4.69, 9.17) is 0 Å². The number of hydrogen-bond donors (Lipinski definition) is 1. The Hall–Kier alpha value is -0.450. The van der Waals surface area contributed by atoms with Crippen LogP contribution in [0.1, 0.15) is 37.4 Å². The summed E-state index contributed by atoms with van der Waals surface area (Å²) < 4.78 is 0. The van der Waals surface area contributed by atoms with Gasteiger partial charge in [0.15, 0.2) is 0 Å². The highest BCUT2D eigenvalue weighted by Gasteiger charge is 2.32. The highest BCUT2D eigenvalue weighted by atomic mass is 32.1. The average Bonchev–Trinajstić information content (AvgIpc) is 2.67. The minimum Gasteiger partial charge on any atom is -0.312 e. The molecule has 1 atom stereocenters. The number of nitrogens with zero attached hydrogens (tertiary/aromatic N) is 2. The van der Waals surface area contributed by atoms with E-state index < -0.39 is 0 Å². The Kier molecular flexibility index (Phi) is 4.41. The van der Waals surface area contributed by atoms with Crippen LogP contribution in [0.3, 0.4) is 0 Å². The maximum absolute atomic E-state index is 4.54. The van der Waals surface area contributed by atoms with Gasteiger partial charge in [0, 0.05) is 24.5 Å². The van der Waals surface area contributed by atoms with Crippen molar-refractivity contribution in [2.75, 3.05) is 20.1 Å². The highest BCUT2D eigenvalue weighted by molar-refractivity contribution is 7.09. The molecule has 3 nitrogen and oxygen atoms in total. The molecular weight excluding hydrogens is 242 g/mol. The van der Waals surface area contributed by atoms with Crippen molar-refractivity contribution in [2.24, 2.45) is 5.41 Å². The largest absolute Gasteiger partial charge is 0.312 e. The highest BCUT2D eigenvalue weighted by Crippen LogP contribution is 2.30. The van der Waals surface area contributed by atoms with Crippen LogP contribution in [0.2, 0.25) is 0 Å². The number of aryl methyl sites for hydroxylation is 1. The fourth-order valence-corrected chi connectivity index (χ4v) is 3.32. The molecule has 1 fully saturated rings. The fourth-order valence-electron chi connectivity index (χ4n) is 2.72. The Morgan fingerprint density at radius 1 is 1.56 bits per heavy atom. The lowest BCUT2D eigenvalue weighted by atomic mass is 9.77.